The molecule has 1 saturated heterocycles. The Labute approximate surface area is 197 Å². The number of aryl methyl sites for hydroxylation is 1. The molecule has 1 aliphatic heterocycles. The summed E-state index contributed by atoms with van der Waals surface area (Å²) in [6.45, 7) is 3.25. The lowest BCUT2D eigenvalue weighted by Crippen LogP contribution is -2.35. The molecular formula is C22H22F4N6OS. The van der Waals surface area contributed by atoms with Crippen molar-refractivity contribution in [2.24, 2.45) is 0 Å². The van der Waals surface area contributed by atoms with E-state index in [-0.39, 0.29) is 34.8 Å². The lowest BCUT2D eigenvalue weighted by molar-refractivity contribution is -0.137. The van der Waals surface area contributed by atoms with Crippen molar-refractivity contribution in [3.8, 4) is 17.1 Å². The van der Waals surface area contributed by atoms with Gasteiger partial charge in [-0.05, 0) is 44.2 Å². The first kappa shape index (κ1) is 24.1. The Bertz CT molecular complexity index is 1190. The second-order valence-corrected chi connectivity index (χ2v) is 8.74. The third-order valence-corrected chi connectivity index (χ3v) is 6.51. The zero-order chi connectivity index (χ0) is 24.5. The number of nitrogens with one attached hydrogen (secondary N) is 1. The molecule has 3 heterocycles. The van der Waals surface area contributed by atoms with Crippen molar-refractivity contribution in [3.05, 3.63) is 53.4 Å². The van der Waals surface area contributed by atoms with Crippen LogP contribution in [-0.4, -0.2) is 55.5 Å². The van der Waals surface area contributed by atoms with Gasteiger partial charge in [-0.2, -0.15) is 13.2 Å². The normalized spacial score (nSPS) is 15.5. The molecule has 0 aliphatic carbocycles. The van der Waals surface area contributed by atoms with Crippen molar-refractivity contribution in [1.82, 2.24) is 23.8 Å². The van der Waals surface area contributed by atoms with Gasteiger partial charge in [0.05, 0.1) is 5.69 Å². The lowest BCUT2D eigenvalue weighted by Gasteiger charge is -2.30. The molecule has 12 heteroatoms. The highest BCUT2D eigenvalue weighted by molar-refractivity contribution is 7.96. The summed E-state index contributed by atoms with van der Waals surface area (Å²) < 4.78 is 59.3. The largest absolute Gasteiger partial charge is 0.420 e. The van der Waals surface area contributed by atoms with Crippen LogP contribution < -0.4 is 5.32 Å². The predicted molar refractivity (Wildman–Crippen MR) is 121 cm³/mol. The van der Waals surface area contributed by atoms with Crippen LogP contribution in [-0.2, 0) is 6.18 Å². The summed E-state index contributed by atoms with van der Waals surface area (Å²) in [7, 11) is 0. The molecule has 0 amide bonds. The zero-order valence-electron chi connectivity index (χ0n) is 18.4. The molecule has 2 aromatic heterocycles. The number of rotatable bonds is 6. The molecule has 0 saturated carbocycles. The first-order chi connectivity index (χ1) is 16.2. The summed E-state index contributed by atoms with van der Waals surface area (Å²) >= 11 is 1.66. The van der Waals surface area contributed by atoms with E-state index < -0.39 is 23.3 Å². The number of imidazole rings is 1. The number of carbonyl (C=O) groups excluding carboxylic acids is 1. The molecule has 34 heavy (non-hydrogen) atoms. The Kier molecular flexibility index (Phi) is 6.89. The van der Waals surface area contributed by atoms with Crippen LogP contribution in [0.5, 0.6) is 0 Å². The van der Waals surface area contributed by atoms with Gasteiger partial charge in [0.1, 0.15) is 34.9 Å². The molecule has 180 valence electrons. The average molecular weight is 495 g/mol. The first-order valence-electron chi connectivity index (χ1n) is 10.5. The standard InChI is InChI=1S/C22H22F4N6OS/c1-13-28-18(11-32(13)19-4-3-14(12-33)9-17(19)23)20-16(22(24,25)26)10-27-21(30-20)29-15-5-7-31(34-2)8-6-15/h3-4,9-12,15H,5-8H2,1-2H3,(H,27,29,30). The quantitative estimate of drug-likeness (QED) is 0.301. The van der Waals surface area contributed by atoms with Gasteiger partial charge in [0.15, 0.2) is 0 Å². The number of nitrogens with zero attached hydrogens (tertiary/aromatic N) is 5. The van der Waals surface area contributed by atoms with Gasteiger partial charge in [0, 0.05) is 37.1 Å². The maximum atomic E-state index is 14.5. The number of benzene rings is 1. The zero-order valence-corrected chi connectivity index (χ0v) is 19.3. The Hall–Kier alpha value is -2.99. The van der Waals surface area contributed by atoms with E-state index in [0.717, 1.165) is 38.2 Å². The molecule has 1 N–H and O–H groups in total. The third-order valence-electron chi connectivity index (χ3n) is 5.63. The fourth-order valence-electron chi connectivity index (χ4n) is 3.84. The number of halogens is 4. The minimum Gasteiger partial charge on any atom is -0.351 e. The molecule has 1 fully saturated rings. The Morgan fingerprint density at radius 1 is 1.21 bits per heavy atom. The number of hydrogen-bond acceptors (Lipinski definition) is 7. The Balaban J connectivity index is 1.69. The fourth-order valence-corrected chi connectivity index (χ4v) is 4.42. The van der Waals surface area contributed by atoms with E-state index in [1.54, 1.807) is 18.9 Å². The molecule has 0 spiro atoms. The maximum absolute atomic E-state index is 14.5. The van der Waals surface area contributed by atoms with E-state index >= 15 is 0 Å². The monoisotopic (exact) mass is 494 g/mol. The summed E-state index contributed by atoms with van der Waals surface area (Å²) in [4.78, 5) is 23.2. The molecule has 7 nitrogen and oxygen atoms in total. The van der Waals surface area contributed by atoms with Crippen molar-refractivity contribution in [2.45, 2.75) is 32.0 Å². The number of carbonyl (C=O) groups is 1. The number of piperidine rings is 1. The van der Waals surface area contributed by atoms with Gasteiger partial charge in [0.2, 0.25) is 5.95 Å². The SMILES string of the molecule is CSN1CCC(Nc2ncc(C(F)(F)F)c(-c3cn(-c4ccc(C=O)cc4F)c(C)n3)n2)CC1. The highest BCUT2D eigenvalue weighted by atomic mass is 32.2. The van der Waals surface area contributed by atoms with Gasteiger partial charge in [0.25, 0.3) is 0 Å². The molecule has 0 atom stereocenters. The van der Waals surface area contributed by atoms with Gasteiger partial charge < -0.3 is 9.88 Å². The van der Waals surface area contributed by atoms with Crippen molar-refractivity contribution in [3.63, 3.8) is 0 Å². The number of aromatic nitrogens is 4. The summed E-state index contributed by atoms with van der Waals surface area (Å²) in [6.07, 6.45) is 1.47. The van der Waals surface area contributed by atoms with Gasteiger partial charge in [-0.3, -0.25) is 9.10 Å². The van der Waals surface area contributed by atoms with Crippen molar-refractivity contribution >= 4 is 24.2 Å². The molecule has 0 radical (unpaired) electrons. The molecule has 4 rings (SSSR count). The van der Waals surface area contributed by atoms with E-state index in [1.165, 1.54) is 22.9 Å². The third kappa shape index (κ3) is 5.07. The van der Waals surface area contributed by atoms with Crippen LogP contribution in [0.1, 0.15) is 34.6 Å². The van der Waals surface area contributed by atoms with E-state index in [2.05, 4.69) is 24.6 Å². The van der Waals surface area contributed by atoms with Crippen LogP contribution in [0.15, 0.2) is 30.6 Å². The molecule has 1 aliphatic rings. The van der Waals surface area contributed by atoms with Crippen LogP contribution in [0.4, 0.5) is 23.5 Å². The fraction of sp³-hybridized carbons (Fsp3) is 0.364. The topological polar surface area (TPSA) is 75.9 Å². The second-order valence-electron chi connectivity index (χ2n) is 7.86. The van der Waals surface area contributed by atoms with E-state index in [1.807, 2.05) is 6.26 Å². The number of aldehydes is 1. The number of anilines is 1. The molecule has 3 aromatic rings. The lowest BCUT2D eigenvalue weighted by atomic mass is 10.1. The maximum Gasteiger partial charge on any atom is 0.420 e. The van der Waals surface area contributed by atoms with E-state index in [0.29, 0.717) is 6.29 Å². The summed E-state index contributed by atoms with van der Waals surface area (Å²) in [5, 5.41) is 3.14. The molecule has 0 unspecified atom stereocenters. The van der Waals surface area contributed by atoms with Gasteiger partial charge in [-0.25, -0.2) is 19.3 Å². The van der Waals surface area contributed by atoms with Crippen LogP contribution in [0.3, 0.4) is 0 Å². The van der Waals surface area contributed by atoms with Gasteiger partial charge in [-0.15, -0.1) is 0 Å². The highest BCUT2D eigenvalue weighted by Crippen LogP contribution is 2.36. The molecular weight excluding hydrogens is 472 g/mol. The predicted octanol–water partition coefficient (Wildman–Crippen LogP) is 4.76. The van der Waals surface area contributed by atoms with E-state index in [4.69, 9.17) is 0 Å². The van der Waals surface area contributed by atoms with Gasteiger partial charge in [-0.1, -0.05) is 11.9 Å². The minimum atomic E-state index is -4.70. The average Bonchev–Trinajstić information content (AvgIpc) is 3.20. The molecule has 0 bridgehead atoms. The van der Waals surface area contributed by atoms with Crippen LogP contribution in [0.2, 0.25) is 0 Å². The highest BCUT2D eigenvalue weighted by Gasteiger charge is 2.36. The van der Waals surface area contributed by atoms with Crippen molar-refractivity contribution < 1.29 is 22.4 Å². The van der Waals surface area contributed by atoms with Gasteiger partial charge >= 0.3 is 6.18 Å². The Morgan fingerprint density at radius 2 is 1.94 bits per heavy atom. The summed E-state index contributed by atoms with van der Waals surface area (Å²) in [6, 6.07) is 3.88. The Morgan fingerprint density at radius 3 is 2.56 bits per heavy atom. The van der Waals surface area contributed by atoms with Crippen molar-refractivity contribution in [2.75, 3.05) is 24.7 Å². The van der Waals surface area contributed by atoms with Crippen LogP contribution in [0.25, 0.3) is 17.1 Å². The minimum absolute atomic E-state index is 0.0395. The summed E-state index contributed by atoms with van der Waals surface area (Å²) in [5.41, 5.74) is -1.28. The van der Waals surface area contributed by atoms with E-state index in [9.17, 15) is 22.4 Å². The molecule has 1 aromatic carbocycles. The smallest absolute Gasteiger partial charge is 0.351 e. The number of alkyl halides is 3. The summed E-state index contributed by atoms with van der Waals surface area (Å²) in [5.74, 6) is -0.355. The van der Waals surface area contributed by atoms with Crippen LogP contribution in [0, 0.1) is 12.7 Å². The number of hydrogen-bond donors (Lipinski definition) is 1. The second kappa shape index (κ2) is 9.71. The van der Waals surface area contributed by atoms with Crippen LogP contribution >= 0.6 is 11.9 Å². The first-order valence-corrected chi connectivity index (χ1v) is 11.7. The van der Waals surface area contributed by atoms with Crippen molar-refractivity contribution in [1.29, 1.82) is 0 Å².